The van der Waals surface area contributed by atoms with Crippen molar-refractivity contribution >= 4 is 28.1 Å². The minimum Gasteiger partial charge on any atom is -0.464 e. The van der Waals surface area contributed by atoms with Crippen molar-refractivity contribution < 1.29 is 18.3 Å². The molecule has 0 saturated heterocycles. The van der Waals surface area contributed by atoms with E-state index in [0.717, 1.165) is 80.1 Å². The molecule has 3 aliphatic rings. The van der Waals surface area contributed by atoms with Gasteiger partial charge in [-0.15, -0.1) is 0 Å². The Bertz CT molecular complexity index is 1350. The van der Waals surface area contributed by atoms with Crippen molar-refractivity contribution in [2.75, 3.05) is 19.7 Å². The molecule has 9 heteroatoms. The average Bonchev–Trinajstić information content (AvgIpc) is 3.35. The number of amides is 1. The molecule has 1 spiro atoms. The first kappa shape index (κ1) is 24.4. The van der Waals surface area contributed by atoms with E-state index in [2.05, 4.69) is 26.3 Å². The van der Waals surface area contributed by atoms with Gasteiger partial charge in [0, 0.05) is 60.0 Å². The Balaban J connectivity index is 0.993. The molecule has 2 aromatic heterocycles. The van der Waals surface area contributed by atoms with Crippen LogP contribution in [-0.4, -0.2) is 52.4 Å². The lowest BCUT2D eigenvalue weighted by molar-refractivity contribution is -0.0230. The molecule has 6 nitrogen and oxygen atoms in total. The zero-order chi connectivity index (χ0) is 25.6. The third-order valence-electron chi connectivity index (χ3n) is 7.74. The van der Waals surface area contributed by atoms with Gasteiger partial charge in [-0.3, -0.25) is 14.7 Å². The lowest BCUT2D eigenvalue weighted by Gasteiger charge is -2.32. The van der Waals surface area contributed by atoms with Gasteiger partial charge in [0.1, 0.15) is 0 Å². The lowest BCUT2D eigenvalue weighted by atomic mass is 9.79. The van der Waals surface area contributed by atoms with E-state index in [4.69, 9.17) is 4.74 Å². The van der Waals surface area contributed by atoms with E-state index in [9.17, 15) is 13.6 Å². The van der Waals surface area contributed by atoms with Crippen LogP contribution in [0.2, 0.25) is 0 Å². The number of carbonyl (C=O) groups is 1. The summed E-state index contributed by atoms with van der Waals surface area (Å²) in [6.45, 7) is 2.79. The summed E-state index contributed by atoms with van der Waals surface area (Å²) in [6.07, 6.45) is 9.08. The maximum absolute atomic E-state index is 13.1. The van der Waals surface area contributed by atoms with Gasteiger partial charge >= 0.3 is 0 Å². The van der Waals surface area contributed by atoms with Crippen LogP contribution in [0.25, 0.3) is 10.9 Å². The normalized spacial score (nSPS) is 23.5. The molecule has 1 saturated carbocycles. The van der Waals surface area contributed by atoms with E-state index in [-0.39, 0.29) is 17.4 Å². The van der Waals surface area contributed by atoms with Crippen molar-refractivity contribution in [2.24, 2.45) is 5.41 Å². The molecule has 0 atom stereocenters. The second-order valence-corrected chi connectivity index (χ2v) is 11.7. The monoisotopic (exact) mass is 524 g/mol. The number of allylic oxidation sites excluding steroid dienone is 1. The first-order valence-corrected chi connectivity index (χ1v) is 13.7. The Kier molecular flexibility index (Phi) is 6.23. The molecule has 0 radical (unpaired) electrons. The summed E-state index contributed by atoms with van der Waals surface area (Å²) < 4.78 is 31.4. The summed E-state index contributed by atoms with van der Waals surface area (Å²) in [4.78, 5) is 25.4. The molecule has 3 aromatic rings. The molecule has 1 amide bonds. The van der Waals surface area contributed by atoms with Crippen LogP contribution in [0.5, 0.6) is 5.19 Å². The number of ether oxygens (including phenoxy) is 1. The number of thiazole rings is 1. The van der Waals surface area contributed by atoms with E-state index in [1.54, 1.807) is 6.20 Å². The molecule has 2 aliphatic carbocycles. The second-order valence-electron chi connectivity index (χ2n) is 10.6. The predicted octanol–water partition coefficient (Wildman–Crippen LogP) is 5.38. The van der Waals surface area contributed by atoms with Gasteiger partial charge in [0.05, 0.1) is 11.2 Å². The van der Waals surface area contributed by atoms with Crippen molar-refractivity contribution in [3.05, 3.63) is 64.3 Å². The van der Waals surface area contributed by atoms with Crippen LogP contribution in [0.15, 0.2) is 48.2 Å². The highest BCUT2D eigenvalue weighted by Gasteiger charge is 2.46. The van der Waals surface area contributed by atoms with E-state index in [1.807, 2.05) is 30.3 Å². The third-order valence-corrected chi connectivity index (χ3v) is 8.81. The van der Waals surface area contributed by atoms with Gasteiger partial charge in [-0.1, -0.05) is 29.5 Å². The molecule has 194 valence electrons. The van der Waals surface area contributed by atoms with Crippen molar-refractivity contribution in [3.8, 4) is 5.19 Å². The van der Waals surface area contributed by atoms with Crippen LogP contribution in [-0.2, 0) is 13.0 Å². The Morgan fingerprint density at radius 1 is 1.27 bits per heavy atom. The molecule has 37 heavy (non-hydrogen) atoms. The minimum absolute atomic E-state index is 0.0260. The second kappa shape index (κ2) is 9.44. The molecule has 1 fully saturated rings. The van der Waals surface area contributed by atoms with Gasteiger partial charge in [0.2, 0.25) is 0 Å². The number of fused-ring (bicyclic) bond motifs is 2. The van der Waals surface area contributed by atoms with Gasteiger partial charge in [-0.2, -0.15) is 0 Å². The molecule has 6 rings (SSSR count). The predicted molar refractivity (Wildman–Crippen MR) is 139 cm³/mol. The van der Waals surface area contributed by atoms with E-state index < -0.39 is 12.5 Å². The fourth-order valence-electron chi connectivity index (χ4n) is 5.66. The minimum atomic E-state index is -2.86. The van der Waals surface area contributed by atoms with Crippen molar-refractivity contribution in [1.29, 1.82) is 0 Å². The fraction of sp³-hybridized carbons (Fsp3) is 0.464. The number of alkyl halides is 2. The van der Waals surface area contributed by atoms with Gasteiger partial charge in [0.25, 0.3) is 17.0 Å². The number of hydrogen-bond acceptors (Lipinski definition) is 6. The number of aromatic nitrogens is 2. The molecule has 0 unspecified atom stereocenters. The number of benzene rings is 1. The van der Waals surface area contributed by atoms with Crippen molar-refractivity contribution in [1.82, 2.24) is 20.2 Å². The number of nitrogens with one attached hydrogen (secondary N) is 1. The van der Waals surface area contributed by atoms with E-state index >= 15 is 0 Å². The maximum atomic E-state index is 13.1. The highest BCUT2D eigenvalue weighted by atomic mass is 32.1. The van der Waals surface area contributed by atoms with Crippen molar-refractivity contribution in [3.63, 3.8) is 0 Å². The number of nitrogens with zero attached hydrogens (tertiary/aromatic N) is 3. The first-order chi connectivity index (χ1) is 17.8. The van der Waals surface area contributed by atoms with E-state index in [0.29, 0.717) is 10.8 Å². The molecule has 1 aliphatic heterocycles. The molecule has 0 bridgehead atoms. The summed E-state index contributed by atoms with van der Waals surface area (Å²) in [5.41, 5.74) is 4.15. The van der Waals surface area contributed by atoms with Gasteiger partial charge < -0.3 is 10.1 Å². The third kappa shape index (κ3) is 5.25. The quantitative estimate of drug-likeness (QED) is 0.420. The van der Waals surface area contributed by atoms with Crippen LogP contribution in [0.1, 0.15) is 53.5 Å². The van der Waals surface area contributed by atoms with Gasteiger partial charge in [-0.05, 0) is 55.9 Å². The zero-order valence-corrected chi connectivity index (χ0v) is 21.6. The smallest absolute Gasteiger partial charge is 0.278 e. The van der Waals surface area contributed by atoms with Crippen LogP contribution in [0, 0.1) is 5.41 Å². The SMILES string of the molecule is CC(F)(F)COc1nc2c(s1)CCN(CC1=C[C@]13CC[C@H](NC(=O)c1cccc4ncccc14)CC3)C2. The Labute approximate surface area is 218 Å². The summed E-state index contributed by atoms with van der Waals surface area (Å²) >= 11 is 1.39. The number of rotatable bonds is 7. The molecular weight excluding hydrogens is 494 g/mol. The summed E-state index contributed by atoms with van der Waals surface area (Å²) in [5.74, 6) is -2.89. The van der Waals surface area contributed by atoms with Crippen molar-refractivity contribution in [2.45, 2.75) is 57.5 Å². The number of pyridine rings is 1. The summed E-state index contributed by atoms with van der Waals surface area (Å²) in [6, 6.07) is 9.66. The Morgan fingerprint density at radius 2 is 2.11 bits per heavy atom. The molecule has 1 aromatic carbocycles. The number of halogens is 2. The Hall–Kier alpha value is -2.91. The molecule has 1 N–H and O–H groups in total. The van der Waals surface area contributed by atoms with Crippen LogP contribution in [0.4, 0.5) is 8.78 Å². The standard InChI is InChI=1S/C28H30F2N4O2S/c1-27(29,30)17-36-26-33-23-16-34(13-9-24(23)37-26)15-18-14-28(18)10-7-19(8-11-28)32-25(35)21-4-2-6-22-20(21)5-3-12-31-22/h2-6,12,14,19H,7-11,13,15-17H2,1H3,(H,32,35)/t19-,28+. The highest BCUT2D eigenvalue weighted by Crippen LogP contribution is 2.55. The largest absolute Gasteiger partial charge is 0.464 e. The summed E-state index contributed by atoms with van der Waals surface area (Å²) in [5, 5.41) is 4.48. The maximum Gasteiger partial charge on any atom is 0.278 e. The van der Waals surface area contributed by atoms with Crippen LogP contribution >= 0.6 is 11.3 Å². The molecule has 3 heterocycles. The lowest BCUT2D eigenvalue weighted by Crippen LogP contribution is -2.39. The summed E-state index contributed by atoms with van der Waals surface area (Å²) in [7, 11) is 0. The Morgan fingerprint density at radius 3 is 2.92 bits per heavy atom. The zero-order valence-electron chi connectivity index (χ0n) is 20.8. The van der Waals surface area contributed by atoms with Crippen LogP contribution < -0.4 is 10.1 Å². The van der Waals surface area contributed by atoms with Crippen LogP contribution in [0.3, 0.4) is 0 Å². The number of carbonyl (C=O) groups excluding carboxylic acids is 1. The highest BCUT2D eigenvalue weighted by molar-refractivity contribution is 7.13. The van der Waals surface area contributed by atoms with Gasteiger partial charge in [0.15, 0.2) is 6.61 Å². The first-order valence-electron chi connectivity index (χ1n) is 12.9. The van der Waals surface area contributed by atoms with Gasteiger partial charge in [-0.25, -0.2) is 13.8 Å². The fourth-order valence-corrected chi connectivity index (χ4v) is 6.57. The molecular formula is C28H30F2N4O2S. The topological polar surface area (TPSA) is 67.3 Å². The number of hydrogen-bond donors (Lipinski definition) is 1. The van der Waals surface area contributed by atoms with E-state index in [1.165, 1.54) is 16.9 Å². The average molecular weight is 525 g/mol.